The van der Waals surface area contributed by atoms with Crippen molar-refractivity contribution in [3.05, 3.63) is 0 Å². The number of sulfone groups is 1. The molecule has 1 aliphatic carbocycles. The highest BCUT2D eigenvalue weighted by Crippen LogP contribution is 2.24. The lowest BCUT2D eigenvalue weighted by molar-refractivity contribution is -0.118. The van der Waals surface area contributed by atoms with Gasteiger partial charge in [-0.2, -0.15) is 0 Å². The monoisotopic (exact) mass is 276 g/mol. The SMILES string of the molecule is CCNC1CCCCCC1S(=O)(=O)CC(=O)NC. The molecule has 0 aromatic rings. The van der Waals surface area contributed by atoms with E-state index < -0.39 is 26.7 Å². The van der Waals surface area contributed by atoms with E-state index in [-0.39, 0.29) is 6.04 Å². The molecular formula is C12H24N2O3S. The second-order valence-corrected chi connectivity index (χ2v) is 7.04. The zero-order valence-corrected chi connectivity index (χ0v) is 12.1. The predicted molar refractivity (Wildman–Crippen MR) is 72.2 cm³/mol. The molecule has 0 aromatic heterocycles. The van der Waals surface area contributed by atoms with Gasteiger partial charge in [-0.25, -0.2) is 8.42 Å². The van der Waals surface area contributed by atoms with Crippen molar-refractivity contribution < 1.29 is 13.2 Å². The van der Waals surface area contributed by atoms with Crippen molar-refractivity contribution in [1.29, 1.82) is 0 Å². The number of nitrogens with one attached hydrogen (secondary N) is 2. The van der Waals surface area contributed by atoms with Crippen LogP contribution in [0.4, 0.5) is 0 Å². The van der Waals surface area contributed by atoms with Crippen molar-refractivity contribution in [2.75, 3.05) is 19.3 Å². The number of carbonyl (C=O) groups excluding carboxylic acids is 1. The lowest BCUT2D eigenvalue weighted by atomic mass is 10.1. The van der Waals surface area contributed by atoms with E-state index in [0.29, 0.717) is 6.42 Å². The van der Waals surface area contributed by atoms with Gasteiger partial charge in [-0.05, 0) is 19.4 Å². The summed E-state index contributed by atoms with van der Waals surface area (Å²) in [5.41, 5.74) is 0. The molecule has 0 aromatic carbocycles. The van der Waals surface area contributed by atoms with Crippen molar-refractivity contribution in [2.24, 2.45) is 0 Å². The van der Waals surface area contributed by atoms with Crippen molar-refractivity contribution >= 4 is 15.7 Å². The Bertz CT molecular complexity index is 368. The molecule has 0 aliphatic heterocycles. The summed E-state index contributed by atoms with van der Waals surface area (Å²) in [5.74, 6) is -0.815. The van der Waals surface area contributed by atoms with Crippen molar-refractivity contribution in [3.63, 3.8) is 0 Å². The van der Waals surface area contributed by atoms with Crippen molar-refractivity contribution in [1.82, 2.24) is 10.6 Å². The standard InChI is InChI=1S/C12H24N2O3S/c1-3-14-10-7-5-4-6-8-11(10)18(16,17)9-12(15)13-2/h10-11,14H,3-9H2,1-2H3,(H,13,15). The largest absolute Gasteiger partial charge is 0.358 e. The van der Waals surface area contributed by atoms with E-state index in [0.717, 1.165) is 32.2 Å². The van der Waals surface area contributed by atoms with E-state index in [9.17, 15) is 13.2 Å². The second-order valence-electron chi connectivity index (χ2n) is 4.82. The molecule has 6 heteroatoms. The second kappa shape index (κ2) is 7.09. The molecule has 18 heavy (non-hydrogen) atoms. The van der Waals surface area contributed by atoms with Gasteiger partial charge in [0.05, 0.1) is 5.25 Å². The van der Waals surface area contributed by atoms with E-state index in [1.54, 1.807) is 0 Å². The Morgan fingerprint density at radius 3 is 2.50 bits per heavy atom. The Balaban J connectivity index is 2.82. The van der Waals surface area contributed by atoms with Crippen LogP contribution < -0.4 is 10.6 Å². The fourth-order valence-corrected chi connectivity index (χ4v) is 4.54. The Morgan fingerprint density at radius 1 is 1.22 bits per heavy atom. The van der Waals surface area contributed by atoms with Crippen LogP contribution in [0, 0.1) is 0 Å². The minimum Gasteiger partial charge on any atom is -0.358 e. The van der Waals surface area contributed by atoms with Gasteiger partial charge in [0.15, 0.2) is 9.84 Å². The van der Waals surface area contributed by atoms with Gasteiger partial charge in [0, 0.05) is 13.1 Å². The molecule has 0 radical (unpaired) electrons. The normalized spacial score (nSPS) is 25.4. The van der Waals surface area contributed by atoms with Crippen LogP contribution in [0.25, 0.3) is 0 Å². The minimum atomic E-state index is -3.36. The fraction of sp³-hybridized carbons (Fsp3) is 0.917. The Kier molecular flexibility index (Phi) is 6.08. The van der Waals surface area contributed by atoms with Crippen molar-refractivity contribution in [2.45, 2.75) is 50.3 Å². The maximum Gasteiger partial charge on any atom is 0.234 e. The first kappa shape index (κ1) is 15.4. The number of hydrogen-bond acceptors (Lipinski definition) is 4. The lowest BCUT2D eigenvalue weighted by Crippen LogP contribution is -2.46. The highest BCUT2D eigenvalue weighted by Gasteiger charge is 2.34. The van der Waals surface area contributed by atoms with Crippen molar-refractivity contribution in [3.8, 4) is 0 Å². The van der Waals surface area contributed by atoms with E-state index in [1.165, 1.54) is 7.05 Å². The summed E-state index contributed by atoms with van der Waals surface area (Å²) in [6, 6.07) is -0.00726. The summed E-state index contributed by atoms with van der Waals surface area (Å²) in [5, 5.41) is 5.23. The molecule has 1 rings (SSSR count). The molecule has 0 saturated heterocycles. The van der Waals surface area contributed by atoms with Gasteiger partial charge in [0.1, 0.15) is 5.75 Å². The summed E-state index contributed by atoms with van der Waals surface area (Å²) in [6.07, 6.45) is 4.61. The van der Waals surface area contributed by atoms with Gasteiger partial charge in [-0.3, -0.25) is 4.79 Å². The summed E-state index contributed by atoms with van der Waals surface area (Å²) in [4.78, 5) is 11.3. The third-order valence-electron chi connectivity index (χ3n) is 3.49. The number of hydrogen-bond donors (Lipinski definition) is 2. The van der Waals surface area contributed by atoms with Gasteiger partial charge in [-0.15, -0.1) is 0 Å². The minimum absolute atomic E-state index is 0.00726. The molecule has 0 bridgehead atoms. The smallest absolute Gasteiger partial charge is 0.234 e. The maximum absolute atomic E-state index is 12.3. The van der Waals surface area contributed by atoms with E-state index >= 15 is 0 Å². The molecule has 1 fully saturated rings. The fourth-order valence-electron chi connectivity index (χ4n) is 2.56. The average Bonchev–Trinajstić information content (AvgIpc) is 2.55. The van der Waals surface area contributed by atoms with Gasteiger partial charge in [-0.1, -0.05) is 26.2 Å². The topological polar surface area (TPSA) is 75.3 Å². The lowest BCUT2D eigenvalue weighted by Gasteiger charge is -2.25. The number of amides is 1. The van der Waals surface area contributed by atoms with E-state index in [4.69, 9.17) is 0 Å². The molecule has 1 aliphatic rings. The molecule has 5 nitrogen and oxygen atoms in total. The zero-order chi connectivity index (χ0) is 13.6. The molecule has 1 saturated carbocycles. The van der Waals surface area contributed by atoms with Gasteiger partial charge < -0.3 is 10.6 Å². The van der Waals surface area contributed by atoms with Crippen LogP contribution in [0.3, 0.4) is 0 Å². The first-order chi connectivity index (χ1) is 8.51. The van der Waals surface area contributed by atoms with Crippen LogP contribution in [0.5, 0.6) is 0 Å². The first-order valence-corrected chi connectivity index (χ1v) is 8.38. The van der Waals surface area contributed by atoms with Crippen LogP contribution in [0.15, 0.2) is 0 Å². The summed E-state index contributed by atoms with van der Waals surface area (Å²) < 4.78 is 24.6. The molecule has 0 heterocycles. The van der Waals surface area contributed by atoms with Crippen LogP contribution in [0.2, 0.25) is 0 Å². The van der Waals surface area contributed by atoms with Gasteiger partial charge in [0.2, 0.25) is 5.91 Å². The Hall–Kier alpha value is -0.620. The van der Waals surface area contributed by atoms with Crippen LogP contribution in [-0.2, 0) is 14.6 Å². The van der Waals surface area contributed by atoms with Gasteiger partial charge in [0.25, 0.3) is 0 Å². The molecule has 0 spiro atoms. The van der Waals surface area contributed by atoms with E-state index in [1.807, 2.05) is 6.92 Å². The van der Waals surface area contributed by atoms with E-state index in [2.05, 4.69) is 10.6 Å². The Morgan fingerprint density at radius 2 is 1.89 bits per heavy atom. The maximum atomic E-state index is 12.3. The number of rotatable bonds is 5. The van der Waals surface area contributed by atoms with Gasteiger partial charge >= 0.3 is 0 Å². The molecule has 2 atom stereocenters. The van der Waals surface area contributed by atoms with Crippen LogP contribution in [-0.4, -0.2) is 45.0 Å². The first-order valence-electron chi connectivity index (χ1n) is 6.66. The van der Waals surface area contributed by atoms with Crippen LogP contribution in [0.1, 0.15) is 39.0 Å². The summed E-state index contributed by atoms with van der Waals surface area (Å²) >= 11 is 0. The average molecular weight is 276 g/mol. The summed E-state index contributed by atoms with van der Waals surface area (Å²) in [6.45, 7) is 2.74. The highest BCUT2D eigenvalue weighted by molar-refractivity contribution is 7.92. The quantitative estimate of drug-likeness (QED) is 0.715. The molecule has 2 unspecified atom stereocenters. The van der Waals surface area contributed by atoms with Crippen LogP contribution >= 0.6 is 0 Å². The zero-order valence-electron chi connectivity index (χ0n) is 11.2. The molecule has 1 amide bonds. The molecular weight excluding hydrogens is 252 g/mol. The third kappa shape index (κ3) is 4.24. The molecule has 106 valence electrons. The highest BCUT2D eigenvalue weighted by atomic mass is 32.2. The molecule has 2 N–H and O–H groups in total. The Labute approximate surface area is 110 Å². The number of carbonyl (C=O) groups is 1. The summed E-state index contributed by atoms with van der Waals surface area (Å²) in [7, 11) is -1.90. The predicted octanol–water partition coefficient (Wildman–Crippen LogP) is 0.458. The third-order valence-corrected chi connectivity index (χ3v) is 5.64.